The van der Waals surface area contributed by atoms with E-state index in [1.54, 1.807) is 12.1 Å². The molecule has 6 heteroatoms. The normalized spacial score (nSPS) is 22.4. The lowest BCUT2D eigenvalue weighted by Gasteiger charge is -2.26. The van der Waals surface area contributed by atoms with Gasteiger partial charge < -0.3 is 10.4 Å². The molecule has 0 saturated carbocycles. The molecule has 1 aliphatic heterocycles. The number of aliphatic hydroxyl groups excluding tert-OH is 1. The predicted octanol–water partition coefficient (Wildman–Crippen LogP) is 2.23. The van der Waals surface area contributed by atoms with E-state index < -0.39 is 0 Å². The first kappa shape index (κ1) is 15.7. The van der Waals surface area contributed by atoms with Gasteiger partial charge in [0.05, 0.1) is 11.5 Å². The van der Waals surface area contributed by atoms with Gasteiger partial charge in [0.25, 0.3) is 5.69 Å². The topological polar surface area (TPSA) is 78.6 Å². The van der Waals surface area contributed by atoms with Gasteiger partial charge >= 0.3 is 0 Å². The Morgan fingerprint density at radius 3 is 2.90 bits per heavy atom. The van der Waals surface area contributed by atoms with E-state index in [9.17, 15) is 15.2 Å². The van der Waals surface area contributed by atoms with Crippen LogP contribution in [0.15, 0.2) is 18.2 Å². The van der Waals surface area contributed by atoms with Gasteiger partial charge in [-0.05, 0) is 37.4 Å². The first-order chi connectivity index (χ1) is 10.1. The fourth-order valence-electron chi connectivity index (χ4n) is 2.99. The third-order valence-corrected chi connectivity index (χ3v) is 4.22. The summed E-state index contributed by atoms with van der Waals surface area (Å²) in [5.74, 6) is 0.455. The van der Waals surface area contributed by atoms with Crippen molar-refractivity contribution in [3.05, 3.63) is 33.9 Å². The lowest BCUT2D eigenvalue weighted by Crippen LogP contribution is -2.34. The zero-order valence-electron chi connectivity index (χ0n) is 12.6. The summed E-state index contributed by atoms with van der Waals surface area (Å²) in [4.78, 5) is 12.8. The first-order valence-corrected chi connectivity index (χ1v) is 7.43. The molecule has 1 aliphatic rings. The Morgan fingerprint density at radius 1 is 1.52 bits per heavy atom. The number of benzene rings is 1. The fraction of sp³-hybridized carbons (Fsp3) is 0.600. The van der Waals surface area contributed by atoms with Crippen LogP contribution in [0.4, 0.5) is 11.4 Å². The smallest absolute Gasteiger partial charge is 0.269 e. The van der Waals surface area contributed by atoms with Gasteiger partial charge in [-0.25, -0.2) is 0 Å². The highest BCUT2D eigenvalue weighted by Crippen LogP contribution is 2.29. The van der Waals surface area contributed by atoms with Gasteiger partial charge in [0, 0.05) is 37.0 Å². The van der Waals surface area contributed by atoms with Crippen LogP contribution in [-0.2, 0) is 6.54 Å². The minimum atomic E-state index is -0.366. The number of rotatable bonds is 6. The molecule has 1 aromatic carbocycles. The number of likely N-dealkylation sites (tertiary alicyclic amines) is 1. The highest BCUT2D eigenvalue weighted by molar-refractivity contribution is 5.56. The average Bonchev–Trinajstić information content (AvgIpc) is 2.81. The standard InChI is InChI=1S/C15H23N3O3/c1-3-16-14-5-4-13(18(20)21)8-12(14)9-17-7-6-11(2)15(17)10-19/h4-5,8,11,15-16,19H,3,6-7,9-10H2,1-2H3. The minimum absolute atomic E-state index is 0.111. The maximum absolute atomic E-state index is 11.0. The van der Waals surface area contributed by atoms with Crippen LogP contribution in [0.2, 0.25) is 0 Å². The van der Waals surface area contributed by atoms with Crippen molar-refractivity contribution in [2.24, 2.45) is 5.92 Å². The Hall–Kier alpha value is -1.66. The van der Waals surface area contributed by atoms with Crippen LogP contribution in [0.3, 0.4) is 0 Å². The SMILES string of the molecule is CCNc1ccc([N+](=O)[O-])cc1CN1CCC(C)C1CO. The second kappa shape index (κ2) is 6.87. The molecule has 0 aliphatic carbocycles. The largest absolute Gasteiger partial charge is 0.395 e. The van der Waals surface area contributed by atoms with Gasteiger partial charge in [-0.1, -0.05) is 6.92 Å². The zero-order chi connectivity index (χ0) is 15.4. The number of nitro benzene ring substituents is 1. The third-order valence-electron chi connectivity index (χ3n) is 4.22. The minimum Gasteiger partial charge on any atom is -0.395 e. The van der Waals surface area contributed by atoms with Crippen LogP contribution in [0.1, 0.15) is 25.8 Å². The molecule has 116 valence electrons. The van der Waals surface area contributed by atoms with E-state index in [0.29, 0.717) is 12.5 Å². The summed E-state index contributed by atoms with van der Waals surface area (Å²) in [6, 6.07) is 5.07. The summed E-state index contributed by atoms with van der Waals surface area (Å²) < 4.78 is 0. The number of hydrogen-bond donors (Lipinski definition) is 2. The van der Waals surface area contributed by atoms with E-state index in [4.69, 9.17) is 0 Å². The summed E-state index contributed by atoms with van der Waals surface area (Å²) in [5.41, 5.74) is 1.96. The third kappa shape index (κ3) is 3.51. The molecule has 2 unspecified atom stereocenters. The molecule has 0 aromatic heterocycles. The second-order valence-electron chi connectivity index (χ2n) is 5.62. The van der Waals surface area contributed by atoms with Gasteiger partial charge in [0.2, 0.25) is 0 Å². The molecule has 0 radical (unpaired) electrons. The van der Waals surface area contributed by atoms with Crippen LogP contribution >= 0.6 is 0 Å². The molecular formula is C15H23N3O3. The maximum atomic E-state index is 11.0. The number of aliphatic hydroxyl groups is 1. The molecule has 1 heterocycles. The molecule has 1 aromatic rings. The molecule has 0 bridgehead atoms. The van der Waals surface area contributed by atoms with Crippen molar-refractivity contribution >= 4 is 11.4 Å². The second-order valence-corrected chi connectivity index (χ2v) is 5.62. The molecule has 2 N–H and O–H groups in total. The summed E-state index contributed by atoms with van der Waals surface area (Å²) in [6.45, 7) is 6.58. The molecule has 21 heavy (non-hydrogen) atoms. The number of nitrogens with zero attached hydrogens (tertiary/aromatic N) is 2. The van der Waals surface area contributed by atoms with Crippen molar-refractivity contribution in [3.8, 4) is 0 Å². The lowest BCUT2D eigenvalue weighted by atomic mass is 10.0. The van der Waals surface area contributed by atoms with Crippen molar-refractivity contribution < 1.29 is 10.0 Å². The molecule has 1 fully saturated rings. The number of nitro groups is 1. The molecule has 0 spiro atoms. The van der Waals surface area contributed by atoms with Crippen molar-refractivity contribution in [1.82, 2.24) is 4.90 Å². The fourth-order valence-corrected chi connectivity index (χ4v) is 2.99. The van der Waals surface area contributed by atoms with Crippen LogP contribution in [0, 0.1) is 16.0 Å². The van der Waals surface area contributed by atoms with Crippen molar-refractivity contribution in [2.45, 2.75) is 32.9 Å². The van der Waals surface area contributed by atoms with Gasteiger partial charge in [-0.3, -0.25) is 15.0 Å². The molecular weight excluding hydrogens is 270 g/mol. The van der Waals surface area contributed by atoms with Crippen LogP contribution < -0.4 is 5.32 Å². The number of hydrogen-bond acceptors (Lipinski definition) is 5. The van der Waals surface area contributed by atoms with Gasteiger partial charge in [-0.2, -0.15) is 0 Å². The number of non-ortho nitro benzene ring substituents is 1. The molecule has 1 saturated heterocycles. The van der Waals surface area contributed by atoms with Gasteiger partial charge in [-0.15, -0.1) is 0 Å². The van der Waals surface area contributed by atoms with E-state index in [1.807, 2.05) is 6.92 Å². The lowest BCUT2D eigenvalue weighted by molar-refractivity contribution is -0.384. The van der Waals surface area contributed by atoms with Crippen molar-refractivity contribution in [2.75, 3.05) is 25.0 Å². The van der Waals surface area contributed by atoms with Crippen LogP contribution in [-0.4, -0.2) is 40.7 Å². The summed E-state index contributed by atoms with van der Waals surface area (Å²) in [7, 11) is 0. The first-order valence-electron chi connectivity index (χ1n) is 7.43. The Balaban J connectivity index is 2.24. The predicted molar refractivity (Wildman–Crippen MR) is 82.3 cm³/mol. The molecule has 0 amide bonds. The van der Waals surface area contributed by atoms with Gasteiger partial charge in [0.1, 0.15) is 0 Å². The highest BCUT2D eigenvalue weighted by atomic mass is 16.6. The highest BCUT2D eigenvalue weighted by Gasteiger charge is 2.31. The summed E-state index contributed by atoms with van der Waals surface area (Å²) in [5, 5.41) is 23.7. The molecule has 6 nitrogen and oxygen atoms in total. The average molecular weight is 293 g/mol. The van der Waals surface area contributed by atoms with Crippen molar-refractivity contribution in [3.63, 3.8) is 0 Å². The number of anilines is 1. The van der Waals surface area contributed by atoms with E-state index in [2.05, 4.69) is 17.1 Å². The molecule has 2 atom stereocenters. The van der Waals surface area contributed by atoms with E-state index in [1.165, 1.54) is 6.07 Å². The van der Waals surface area contributed by atoms with Gasteiger partial charge in [0.15, 0.2) is 0 Å². The Labute approximate surface area is 124 Å². The Morgan fingerprint density at radius 2 is 2.29 bits per heavy atom. The number of nitrogens with one attached hydrogen (secondary N) is 1. The zero-order valence-corrected chi connectivity index (χ0v) is 12.6. The van der Waals surface area contributed by atoms with Crippen molar-refractivity contribution in [1.29, 1.82) is 0 Å². The van der Waals surface area contributed by atoms with Crippen LogP contribution in [0.25, 0.3) is 0 Å². The quantitative estimate of drug-likeness (QED) is 0.621. The van der Waals surface area contributed by atoms with E-state index in [-0.39, 0.29) is 23.3 Å². The Bertz CT molecular complexity index is 507. The van der Waals surface area contributed by atoms with E-state index in [0.717, 1.165) is 30.8 Å². The summed E-state index contributed by atoms with van der Waals surface area (Å²) >= 11 is 0. The van der Waals surface area contributed by atoms with E-state index >= 15 is 0 Å². The van der Waals surface area contributed by atoms with Crippen LogP contribution in [0.5, 0.6) is 0 Å². The summed E-state index contributed by atoms with van der Waals surface area (Å²) in [6.07, 6.45) is 1.05. The molecule has 2 rings (SSSR count). The maximum Gasteiger partial charge on any atom is 0.269 e. The Kier molecular flexibility index (Phi) is 5.14. The monoisotopic (exact) mass is 293 g/mol.